The maximum atomic E-state index is 12.4. The number of carbonyl (C=O) groups is 1. The molecule has 2 rings (SSSR count). The van der Waals surface area contributed by atoms with E-state index in [4.69, 9.17) is 20.3 Å². The molecule has 130 valence electrons. The number of rotatable bonds is 3. The van der Waals surface area contributed by atoms with Gasteiger partial charge in [-0.15, -0.1) is 0 Å². The summed E-state index contributed by atoms with van der Waals surface area (Å²) in [5.74, 6) is -0.573. The summed E-state index contributed by atoms with van der Waals surface area (Å²) < 4.78 is 33.2. The number of amides is 1. The Kier molecular flexibility index (Phi) is 4.52. The molecule has 0 aliphatic carbocycles. The number of nitrogens with zero attached hydrogens (tertiary/aromatic N) is 3. The lowest BCUT2D eigenvalue weighted by atomic mass is 9.90. The van der Waals surface area contributed by atoms with Gasteiger partial charge < -0.3 is 4.52 Å². The Balaban J connectivity index is 2.61. The molecule has 2 heterocycles. The fourth-order valence-electron chi connectivity index (χ4n) is 2.23. The standard InChI is InChI=1S/C14H16ClN3O5S/c1-7-9(15)12(19)18(13(7)23-24(5,20)21)11-8(6-16)10(22-17-11)14(2,3)4/h13H,1-5H3. The number of hydrogen-bond donors (Lipinski definition) is 0. The number of hydrogen-bond acceptors (Lipinski definition) is 7. The van der Waals surface area contributed by atoms with Crippen molar-refractivity contribution in [2.45, 2.75) is 39.3 Å². The molecule has 0 saturated heterocycles. The predicted molar refractivity (Wildman–Crippen MR) is 85.7 cm³/mol. The molecule has 1 aliphatic heterocycles. The molecule has 1 aromatic heterocycles. The van der Waals surface area contributed by atoms with Gasteiger partial charge in [-0.05, 0) is 6.92 Å². The molecule has 8 nitrogen and oxygen atoms in total. The molecule has 10 heteroatoms. The fraction of sp³-hybridized carbons (Fsp3) is 0.500. The van der Waals surface area contributed by atoms with Crippen molar-refractivity contribution in [1.29, 1.82) is 5.26 Å². The van der Waals surface area contributed by atoms with Crippen LogP contribution in [0.1, 0.15) is 39.0 Å². The molecule has 1 aromatic rings. The fourth-order valence-corrected chi connectivity index (χ4v) is 2.98. The minimum Gasteiger partial charge on any atom is -0.357 e. The second-order valence-corrected chi connectivity index (χ2v) is 8.38. The third-order valence-corrected chi connectivity index (χ3v) is 4.31. The average molecular weight is 374 g/mol. The van der Waals surface area contributed by atoms with E-state index in [1.54, 1.807) is 0 Å². The summed E-state index contributed by atoms with van der Waals surface area (Å²) in [6.07, 6.45) is -0.464. The predicted octanol–water partition coefficient (Wildman–Crippen LogP) is 2.01. The first kappa shape index (κ1) is 18.4. The highest BCUT2D eigenvalue weighted by atomic mass is 35.5. The van der Waals surface area contributed by atoms with Gasteiger partial charge in [-0.3, -0.25) is 9.69 Å². The van der Waals surface area contributed by atoms with Crippen molar-refractivity contribution in [2.24, 2.45) is 0 Å². The molecule has 0 spiro atoms. The van der Waals surface area contributed by atoms with Gasteiger partial charge >= 0.3 is 0 Å². The van der Waals surface area contributed by atoms with E-state index in [1.807, 2.05) is 26.8 Å². The summed E-state index contributed by atoms with van der Waals surface area (Å²) >= 11 is 5.95. The smallest absolute Gasteiger partial charge is 0.273 e. The van der Waals surface area contributed by atoms with Crippen molar-refractivity contribution in [3.8, 4) is 6.07 Å². The van der Waals surface area contributed by atoms with Crippen LogP contribution in [-0.4, -0.2) is 32.0 Å². The van der Waals surface area contributed by atoms with Crippen LogP contribution in [0.2, 0.25) is 0 Å². The third kappa shape index (κ3) is 3.17. The number of halogens is 1. The zero-order chi connectivity index (χ0) is 18.4. The van der Waals surface area contributed by atoms with Gasteiger partial charge in [0.25, 0.3) is 16.0 Å². The van der Waals surface area contributed by atoms with Crippen molar-refractivity contribution in [1.82, 2.24) is 5.16 Å². The Bertz CT molecular complexity index is 873. The first-order valence-corrected chi connectivity index (χ1v) is 9.06. The minimum absolute atomic E-state index is 0.0251. The highest BCUT2D eigenvalue weighted by Crippen LogP contribution is 2.38. The molecular weight excluding hydrogens is 358 g/mol. The van der Waals surface area contributed by atoms with Gasteiger partial charge in [-0.2, -0.15) is 13.7 Å². The second kappa shape index (κ2) is 5.88. The van der Waals surface area contributed by atoms with Gasteiger partial charge in [0.15, 0.2) is 17.8 Å². The van der Waals surface area contributed by atoms with Crippen LogP contribution in [0, 0.1) is 11.3 Å². The van der Waals surface area contributed by atoms with Gasteiger partial charge in [-0.1, -0.05) is 37.5 Å². The molecule has 1 atom stereocenters. The summed E-state index contributed by atoms with van der Waals surface area (Å²) in [5, 5.41) is 13.1. The van der Waals surface area contributed by atoms with Crippen molar-refractivity contribution in [2.75, 3.05) is 11.2 Å². The zero-order valence-electron chi connectivity index (χ0n) is 13.7. The Hall–Kier alpha value is -1.89. The molecule has 0 saturated carbocycles. The number of anilines is 1. The Morgan fingerprint density at radius 3 is 2.46 bits per heavy atom. The van der Waals surface area contributed by atoms with Crippen molar-refractivity contribution < 1.29 is 21.9 Å². The maximum Gasteiger partial charge on any atom is 0.273 e. The van der Waals surface area contributed by atoms with Crippen molar-refractivity contribution >= 4 is 33.4 Å². The number of nitriles is 1. The highest BCUT2D eigenvalue weighted by molar-refractivity contribution is 7.86. The lowest BCUT2D eigenvalue weighted by Gasteiger charge is -2.23. The van der Waals surface area contributed by atoms with E-state index in [0.717, 1.165) is 11.2 Å². The van der Waals surface area contributed by atoms with Gasteiger partial charge in [0.05, 0.1) is 6.26 Å². The van der Waals surface area contributed by atoms with Gasteiger partial charge in [-0.25, -0.2) is 4.18 Å². The SMILES string of the molecule is CC1=C(Cl)C(=O)N(c2noc(C(C)(C)C)c2C#N)C1OS(C)(=O)=O. The minimum atomic E-state index is -3.90. The average Bonchev–Trinajstić information content (AvgIpc) is 2.93. The number of aromatic nitrogens is 1. The van der Waals surface area contributed by atoms with Gasteiger partial charge in [0.1, 0.15) is 16.7 Å². The molecule has 1 aliphatic rings. The van der Waals surface area contributed by atoms with Crippen LogP contribution in [0.5, 0.6) is 0 Å². The third-order valence-electron chi connectivity index (χ3n) is 3.32. The lowest BCUT2D eigenvalue weighted by molar-refractivity contribution is -0.114. The molecular formula is C14H16ClN3O5S. The number of carbonyl (C=O) groups excluding carboxylic acids is 1. The topological polar surface area (TPSA) is 114 Å². The lowest BCUT2D eigenvalue weighted by Crippen LogP contribution is -2.39. The van der Waals surface area contributed by atoms with Crippen LogP contribution in [0.15, 0.2) is 15.1 Å². The first-order chi connectivity index (χ1) is 10.9. The molecule has 0 aromatic carbocycles. The Morgan fingerprint density at radius 2 is 2.00 bits per heavy atom. The quantitative estimate of drug-likeness (QED) is 0.744. The van der Waals surface area contributed by atoms with E-state index in [0.29, 0.717) is 0 Å². The van der Waals surface area contributed by atoms with E-state index in [1.165, 1.54) is 6.92 Å². The van der Waals surface area contributed by atoms with Crippen LogP contribution in [0.25, 0.3) is 0 Å². The van der Waals surface area contributed by atoms with Gasteiger partial charge in [0.2, 0.25) is 0 Å². The van der Waals surface area contributed by atoms with Crippen LogP contribution >= 0.6 is 11.6 Å². The van der Waals surface area contributed by atoms with Crippen LogP contribution < -0.4 is 4.90 Å². The summed E-state index contributed by atoms with van der Waals surface area (Å²) in [5.41, 5.74) is -0.313. The van der Waals surface area contributed by atoms with Crippen molar-refractivity contribution in [3.63, 3.8) is 0 Å². The molecule has 1 unspecified atom stereocenters. The maximum absolute atomic E-state index is 12.4. The van der Waals surface area contributed by atoms with E-state index in [9.17, 15) is 18.5 Å². The Labute approximate surface area is 144 Å². The molecule has 0 bridgehead atoms. The van der Waals surface area contributed by atoms with E-state index >= 15 is 0 Å². The second-order valence-electron chi connectivity index (χ2n) is 6.40. The van der Waals surface area contributed by atoms with Crippen LogP contribution in [-0.2, 0) is 24.5 Å². The van der Waals surface area contributed by atoms with E-state index in [-0.39, 0.29) is 27.7 Å². The van der Waals surface area contributed by atoms with E-state index < -0.39 is 27.7 Å². The first-order valence-electron chi connectivity index (χ1n) is 6.87. The molecule has 0 N–H and O–H groups in total. The molecule has 0 radical (unpaired) electrons. The molecule has 24 heavy (non-hydrogen) atoms. The van der Waals surface area contributed by atoms with Gasteiger partial charge in [0, 0.05) is 11.0 Å². The summed E-state index contributed by atoms with van der Waals surface area (Å²) in [4.78, 5) is 13.3. The zero-order valence-corrected chi connectivity index (χ0v) is 15.3. The monoisotopic (exact) mass is 373 g/mol. The Morgan fingerprint density at radius 1 is 1.42 bits per heavy atom. The summed E-state index contributed by atoms with van der Waals surface area (Å²) in [6.45, 7) is 6.90. The van der Waals surface area contributed by atoms with Crippen molar-refractivity contribution in [3.05, 3.63) is 21.9 Å². The molecule has 0 fully saturated rings. The summed E-state index contributed by atoms with van der Waals surface area (Å²) in [6, 6.07) is 1.94. The molecule has 1 amide bonds. The van der Waals surface area contributed by atoms with Crippen LogP contribution in [0.4, 0.5) is 5.82 Å². The summed E-state index contributed by atoms with van der Waals surface area (Å²) in [7, 11) is -3.90. The largest absolute Gasteiger partial charge is 0.357 e. The normalized spacial score (nSPS) is 19.1. The van der Waals surface area contributed by atoms with Crippen LogP contribution in [0.3, 0.4) is 0 Å². The highest BCUT2D eigenvalue weighted by Gasteiger charge is 2.44. The van der Waals surface area contributed by atoms with E-state index in [2.05, 4.69) is 5.16 Å².